The molecule has 2 aromatic carbocycles. The van der Waals surface area contributed by atoms with Gasteiger partial charge in [0.2, 0.25) is 6.79 Å². The molecule has 0 radical (unpaired) electrons. The van der Waals surface area contributed by atoms with Gasteiger partial charge in [-0.3, -0.25) is 5.32 Å². The fourth-order valence-corrected chi connectivity index (χ4v) is 3.80. The van der Waals surface area contributed by atoms with Crippen molar-refractivity contribution in [3.05, 3.63) is 59.3 Å². The van der Waals surface area contributed by atoms with Crippen LogP contribution in [0.3, 0.4) is 0 Å². The molecule has 3 aromatic rings. The van der Waals surface area contributed by atoms with E-state index in [0.29, 0.717) is 12.2 Å². The summed E-state index contributed by atoms with van der Waals surface area (Å²) in [5.41, 5.74) is 4.22. The Hall–Kier alpha value is -3.19. The predicted octanol–water partition coefficient (Wildman–Crippen LogP) is 3.24. The van der Waals surface area contributed by atoms with Gasteiger partial charge in [0.25, 0.3) is 0 Å². The quantitative estimate of drug-likeness (QED) is 0.678. The number of carbonyl (C=O) groups is 1. The summed E-state index contributed by atoms with van der Waals surface area (Å²) in [6.45, 7) is 0.225. The van der Waals surface area contributed by atoms with Crippen LogP contribution < -0.4 is 14.8 Å². The molecule has 0 fully saturated rings. The van der Waals surface area contributed by atoms with E-state index in [4.69, 9.17) is 14.2 Å². The zero-order valence-corrected chi connectivity index (χ0v) is 14.7. The van der Waals surface area contributed by atoms with Crippen molar-refractivity contribution in [2.24, 2.45) is 0 Å². The van der Waals surface area contributed by atoms with E-state index in [9.17, 15) is 4.79 Å². The minimum absolute atomic E-state index is 0.190. The van der Waals surface area contributed by atoms with Gasteiger partial charge in [0, 0.05) is 23.0 Å². The van der Waals surface area contributed by atoms with Crippen LogP contribution in [0.25, 0.3) is 10.9 Å². The number of carbonyl (C=O) groups excluding carboxylic acids is 1. The second-order valence-corrected chi connectivity index (χ2v) is 6.54. The molecule has 1 aromatic heterocycles. The molecular weight excluding hydrogens is 348 g/mol. The molecule has 5 rings (SSSR count). The molecule has 0 spiro atoms. The van der Waals surface area contributed by atoms with E-state index in [1.54, 1.807) is 0 Å². The number of ether oxygens (including phenoxy) is 4. The molecule has 0 bridgehead atoms. The molecule has 7 heteroatoms. The highest BCUT2D eigenvalue weighted by molar-refractivity contribution is 5.85. The zero-order valence-electron chi connectivity index (χ0n) is 14.7. The van der Waals surface area contributed by atoms with E-state index in [1.165, 1.54) is 7.11 Å². The Morgan fingerprint density at radius 2 is 2.00 bits per heavy atom. The molecule has 3 heterocycles. The van der Waals surface area contributed by atoms with E-state index < -0.39 is 12.4 Å². The average Bonchev–Trinajstić information content (AvgIpc) is 3.31. The number of hydrogen-bond acceptors (Lipinski definition) is 6. The summed E-state index contributed by atoms with van der Waals surface area (Å²) in [6.07, 6.45) is -0.657. The first kappa shape index (κ1) is 16.0. The minimum Gasteiger partial charge on any atom is -0.454 e. The van der Waals surface area contributed by atoms with Crippen LogP contribution in [0.4, 0.5) is 4.79 Å². The zero-order chi connectivity index (χ0) is 18.4. The van der Waals surface area contributed by atoms with Crippen molar-refractivity contribution >= 4 is 17.1 Å². The van der Waals surface area contributed by atoms with E-state index in [1.807, 2.05) is 36.4 Å². The SMILES string of the molecule is COC(=O)O[C@@H]1Cc2c([nH]c3ccccc23)[C@H](c2ccc3c(c2)OCO3)N1. The van der Waals surface area contributed by atoms with Crippen LogP contribution >= 0.6 is 0 Å². The standard InChI is InChI=1S/C20H18N2O5/c1-24-20(23)27-17-9-13-12-4-2-3-5-14(12)21-19(13)18(22-17)11-6-7-15-16(8-11)26-10-25-15/h2-8,17-18,21-22H,9-10H2,1H3/t17-,18+/m1/s1. The lowest BCUT2D eigenvalue weighted by molar-refractivity contribution is 0.0175. The molecule has 0 unspecified atom stereocenters. The van der Waals surface area contributed by atoms with E-state index in [2.05, 4.69) is 21.1 Å². The Bertz CT molecular complexity index is 1030. The number of para-hydroxylation sites is 1. The van der Waals surface area contributed by atoms with Crippen molar-refractivity contribution < 1.29 is 23.7 Å². The molecule has 0 saturated carbocycles. The highest BCUT2D eigenvalue weighted by Crippen LogP contribution is 2.39. The van der Waals surface area contributed by atoms with Gasteiger partial charge in [-0.2, -0.15) is 0 Å². The fraction of sp³-hybridized carbons (Fsp3) is 0.250. The molecule has 7 nitrogen and oxygen atoms in total. The summed E-state index contributed by atoms with van der Waals surface area (Å²) in [5.74, 6) is 1.44. The second kappa shape index (κ2) is 6.21. The van der Waals surface area contributed by atoms with E-state index >= 15 is 0 Å². The molecule has 0 aliphatic carbocycles. The summed E-state index contributed by atoms with van der Waals surface area (Å²) >= 11 is 0. The number of rotatable bonds is 2. The van der Waals surface area contributed by atoms with Gasteiger partial charge in [-0.1, -0.05) is 24.3 Å². The van der Waals surface area contributed by atoms with E-state index in [0.717, 1.165) is 33.5 Å². The molecule has 0 saturated heterocycles. The van der Waals surface area contributed by atoms with Gasteiger partial charge in [-0.05, 0) is 29.3 Å². The Morgan fingerprint density at radius 3 is 2.89 bits per heavy atom. The van der Waals surface area contributed by atoms with Crippen LogP contribution in [0.1, 0.15) is 22.9 Å². The molecule has 0 amide bonds. The molecule has 2 N–H and O–H groups in total. The number of aromatic nitrogens is 1. The Labute approximate surface area is 155 Å². The van der Waals surface area contributed by atoms with Gasteiger partial charge in [0.15, 0.2) is 17.7 Å². The van der Waals surface area contributed by atoms with Crippen LogP contribution in [0.2, 0.25) is 0 Å². The van der Waals surface area contributed by atoms with Crippen LogP contribution in [-0.4, -0.2) is 31.3 Å². The molecular formula is C20H18N2O5. The second-order valence-electron chi connectivity index (χ2n) is 6.54. The normalized spacial score (nSPS) is 20.3. The lowest BCUT2D eigenvalue weighted by Gasteiger charge is -2.31. The van der Waals surface area contributed by atoms with Crippen LogP contribution in [0, 0.1) is 0 Å². The van der Waals surface area contributed by atoms with Crippen molar-refractivity contribution in [2.75, 3.05) is 13.9 Å². The lowest BCUT2D eigenvalue weighted by Crippen LogP contribution is -2.42. The number of H-pyrrole nitrogens is 1. The van der Waals surface area contributed by atoms with Gasteiger partial charge in [-0.25, -0.2) is 4.79 Å². The third kappa shape index (κ3) is 2.67. The number of nitrogens with one attached hydrogen (secondary N) is 2. The van der Waals surface area contributed by atoms with Crippen molar-refractivity contribution in [1.29, 1.82) is 0 Å². The van der Waals surface area contributed by atoms with Crippen LogP contribution in [-0.2, 0) is 15.9 Å². The molecule has 138 valence electrons. The van der Waals surface area contributed by atoms with Crippen LogP contribution in [0.5, 0.6) is 11.5 Å². The van der Waals surface area contributed by atoms with Crippen molar-refractivity contribution in [2.45, 2.75) is 18.7 Å². The van der Waals surface area contributed by atoms with Crippen molar-refractivity contribution in [1.82, 2.24) is 10.3 Å². The molecule has 2 aliphatic heterocycles. The summed E-state index contributed by atoms with van der Waals surface area (Å²) in [4.78, 5) is 15.2. The lowest BCUT2D eigenvalue weighted by atomic mass is 9.93. The summed E-state index contributed by atoms with van der Waals surface area (Å²) in [7, 11) is 1.30. The van der Waals surface area contributed by atoms with Crippen molar-refractivity contribution in [3.8, 4) is 11.5 Å². The first-order valence-electron chi connectivity index (χ1n) is 8.72. The summed E-state index contributed by atoms with van der Waals surface area (Å²) < 4.78 is 21.0. The van der Waals surface area contributed by atoms with Gasteiger partial charge >= 0.3 is 6.16 Å². The predicted molar refractivity (Wildman–Crippen MR) is 96.8 cm³/mol. The highest BCUT2D eigenvalue weighted by atomic mass is 16.7. The largest absolute Gasteiger partial charge is 0.509 e. The number of benzene rings is 2. The van der Waals surface area contributed by atoms with Gasteiger partial charge in [0.1, 0.15) is 0 Å². The number of aromatic amines is 1. The van der Waals surface area contributed by atoms with Crippen molar-refractivity contribution in [3.63, 3.8) is 0 Å². The number of fused-ring (bicyclic) bond motifs is 4. The average molecular weight is 366 g/mol. The monoisotopic (exact) mass is 366 g/mol. The molecule has 2 aliphatic rings. The van der Waals surface area contributed by atoms with E-state index in [-0.39, 0.29) is 12.8 Å². The first-order chi connectivity index (χ1) is 13.2. The smallest absolute Gasteiger partial charge is 0.454 e. The first-order valence-corrected chi connectivity index (χ1v) is 8.72. The van der Waals surface area contributed by atoms with Gasteiger partial charge in [-0.15, -0.1) is 0 Å². The summed E-state index contributed by atoms with van der Waals surface area (Å²) in [6, 6.07) is 13.8. The number of methoxy groups -OCH3 is 1. The topological polar surface area (TPSA) is 81.8 Å². The maximum atomic E-state index is 11.7. The molecule has 2 atom stereocenters. The summed E-state index contributed by atoms with van der Waals surface area (Å²) in [5, 5.41) is 4.52. The fourth-order valence-electron chi connectivity index (χ4n) is 3.80. The van der Waals surface area contributed by atoms with Crippen LogP contribution in [0.15, 0.2) is 42.5 Å². The number of hydrogen-bond donors (Lipinski definition) is 2. The minimum atomic E-state index is -0.708. The Balaban J connectivity index is 1.60. The van der Waals surface area contributed by atoms with Gasteiger partial charge in [0.05, 0.1) is 13.2 Å². The van der Waals surface area contributed by atoms with Gasteiger partial charge < -0.3 is 23.9 Å². The maximum Gasteiger partial charge on any atom is 0.509 e. The third-order valence-electron chi connectivity index (χ3n) is 5.01. The maximum absolute atomic E-state index is 11.7. The Kier molecular flexibility index (Phi) is 3.68. The third-order valence-corrected chi connectivity index (χ3v) is 5.01. The Morgan fingerprint density at radius 1 is 1.15 bits per heavy atom. The highest BCUT2D eigenvalue weighted by Gasteiger charge is 2.33. The molecule has 27 heavy (non-hydrogen) atoms.